The van der Waals surface area contributed by atoms with E-state index in [0.717, 1.165) is 18.5 Å². The summed E-state index contributed by atoms with van der Waals surface area (Å²) in [5, 5.41) is 3.01. The minimum atomic E-state index is -0.408. The van der Waals surface area contributed by atoms with Gasteiger partial charge in [0.2, 0.25) is 0 Å². The molecule has 3 N–H and O–H groups in total. The van der Waals surface area contributed by atoms with E-state index in [0.29, 0.717) is 17.9 Å². The van der Waals surface area contributed by atoms with Crippen molar-refractivity contribution in [1.29, 1.82) is 0 Å². The van der Waals surface area contributed by atoms with E-state index in [1.54, 1.807) is 25.1 Å². The predicted molar refractivity (Wildman–Crippen MR) is 72.2 cm³/mol. The Balaban J connectivity index is 2.85. The molecule has 4 nitrogen and oxygen atoms in total. The van der Waals surface area contributed by atoms with Crippen LogP contribution < -0.4 is 11.1 Å². The second-order valence-electron chi connectivity index (χ2n) is 3.68. The molecule has 0 heterocycles. The van der Waals surface area contributed by atoms with Crippen molar-refractivity contribution in [2.24, 2.45) is 0 Å². The molecule has 0 saturated heterocycles. The number of benzene rings is 1. The largest absolute Gasteiger partial charge is 0.462 e. The molecule has 1 rings (SSSR count). The minimum Gasteiger partial charge on any atom is -0.462 e. The van der Waals surface area contributed by atoms with Crippen LogP contribution in [0.5, 0.6) is 0 Å². The summed E-state index contributed by atoms with van der Waals surface area (Å²) in [4.78, 5) is 11.6. The second kappa shape index (κ2) is 7.36. The summed E-state index contributed by atoms with van der Waals surface area (Å²) in [6.07, 6.45) is 0.760. The molecule has 0 aliphatic carbocycles. The predicted octanol–water partition coefficient (Wildman–Crippen LogP) is 1.41. The number of nitrogens with two attached hydrogens (primary N) is 1. The lowest BCUT2D eigenvalue weighted by Gasteiger charge is -2.05. The topological polar surface area (TPSA) is 64.3 Å². The zero-order valence-electron chi connectivity index (χ0n) is 10.7. The summed E-state index contributed by atoms with van der Waals surface area (Å²) in [5.74, 6) is 5.60. The fraction of sp³-hybridized carbons (Fsp3) is 0.357. The summed E-state index contributed by atoms with van der Waals surface area (Å²) >= 11 is 0. The Kier molecular flexibility index (Phi) is 5.75. The van der Waals surface area contributed by atoms with Crippen molar-refractivity contribution in [3.63, 3.8) is 0 Å². The number of rotatable bonds is 4. The van der Waals surface area contributed by atoms with Gasteiger partial charge in [-0.1, -0.05) is 11.8 Å². The quantitative estimate of drug-likeness (QED) is 0.365. The third-order valence-corrected chi connectivity index (χ3v) is 2.28. The Labute approximate surface area is 108 Å². The molecule has 0 atom stereocenters. The molecule has 96 valence electrons. The number of hydrogen-bond donors (Lipinski definition) is 2. The van der Waals surface area contributed by atoms with Crippen LogP contribution >= 0.6 is 0 Å². The maximum atomic E-state index is 11.6. The lowest BCUT2D eigenvalue weighted by molar-refractivity contribution is 0.0527. The van der Waals surface area contributed by atoms with Gasteiger partial charge >= 0.3 is 5.97 Å². The molecule has 0 amide bonds. The Morgan fingerprint density at radius 3 is 2.94 bits per heavy atom. The number of nitrogen functional groups attached to an aromatic ring is 1. The molecule has 1 aromatic rings. The summed E-state index contributed by atoms with van der Waals surface area (Å²) in [6, 6.07) is 5.14. The molecule has 1 aromatic carbocycles. The molecule has 0 saturated carbocycles. The zero-order chi connectivity index (χ0) is 13.4. The van der Waals surface area contributed by atoms with Crippen LogP contribution in [0, 0.1) is 11.8 Å². The Bertz CT molecular complexity index is 472. The fourth-order valence-electron chi connectivity index (χ4n) is 1.37. The number of hydrogen-bond acceptors (Lipinski definition) is 4. The van der Waals surface area contributed by atoms with Crippen molar-refractivity contribution >= 4 is 11.7 Å². The van der Waals surface area contributed by atoms with E-state index in [4.69, 9.17) is 10.5 Å². The zero-order valence-corrected chi connectivity index (χ0v) is 10.7. The molecule has 0 bridgehead atoms. The molecule has 0 unspecified atom stereocenters. The molecule has 0 spiro atoms. The summed E-state index contributed by atoms with van der Waals surface area (Å²) in [6.45, 7) is 2.93. The summed E-state index contributed by atoms with van der Waals surface area (Å²) in [7, 11) is 1.88. The fourth-order valence-corrected chi connectivity index (χ4v) is 1.37. The second-order valence-corrected chi connectivity index (χ2v) is 3.68. The Morgan fingerprint density at radius 2 is 2.28 bits per heavy atom. The SMILES string of the molecule is CCOC(=O)c1cc(C#CCCNC)ccc1N. The van der Waals surface area contributed by atoms with Gasteiger partial charge in [-0.25, -0.2) is 4.79 Å². The van der Waals surface area contributed by atoms with Crippen LogP contribution in [0.25, 0.3) is 0 Å². The van der Waals surface area contributed by atoms with Crippen molar-refractivity contribution in [3.05, 3.63) is 29.3 Å². The van der Waals surface area contributed by atoms with Gasteiger partial charge in [-0.05, 0) is 32.2 Å². The van der Waals surface area contributed by atoms with E-state index in [-0.39, 0.29) is 0 Å². The van der Waals surface area contributed by atoms with Gasteiger partial charge in [0, 0.05) is 24.2 Å². The first-order valence-corrected chi connectivity index (χ1v) is 5.89. The summed E-state index contributed by atoms with van der Waals surface area (Å²) < 4.78 is 4.93. The van der Waals surface area contributed by atoms with Crippen LogP contribution in [0.15, 0.2) is 18.2 Å². The van der Waals surface area contributed by atoms with Gasteiger partial charge in [0.25, 0.3) is 0 Å². The molecule has 0 aliphatic heterocycles. The molecule has 0 aliphatic rings. The number of anilines is 1. The van der Waals surface area contributed by atoms with Crippen molar-refractivity contribution in [2.75, 3.05) is 25.9 Å². The first-order chi connectivity index (χ1) is 8.69. The molecule has 18 heavy (non-hydrogen) atoms. The average Bonchev–Trinajstić information content (AvgIpc) is 2.36. The van der Waals surface area contributed by atoms with Gasteiger partial charge in [0.1, 0.15) is 0 Å². The highest BCUT2D eigenvalue weighted by molar-refractivity contribution is 5.95. The van der Waals surface area contributed by atoms with Gasteiger partial charge < -0.3 is 15.8 Å². The van der Waals surface area contributed by atoms with Gasteiger partial charge in [-0.15, -0.1) is 0 Å². The molecule has 0 radical (unpaired) electrons. The highest BCUT2D eigenvalue weighted by atomic mass is 16.5. The number of carbonyl (C=O) groups is 1. The highest BCUT2D eigenvalue weighted by Gasteiger charge is 2.10. The number of esters is 1. The standard InChI is InChI=1S/C14H18N2O2/c1-3-18-14(17)12-10-11(7-8-13(12)15)6-4-5-9-16-2/h7-8,10,16H,3,5,9,15H2,1-2H3. The van der Waals surface area contributed by atoms with E-state index < -0.39 is 5.97 Å². The van der Waals surface area contributed by atoms with Crippen molar-refractivity contribution < 1.29 is 9.53 Å². The number of ether oxygens (including phenoxy) is 1. The van der Waals surface area contributed by atoms with E-state index in [1.165, 1.54) is 0 Å². The molecular formula is C14H18N2O2. The van der Waals surface area contributed by atoms with Crippen molar-refractivity contribution in [1.82, 2.24) is 5.32 Å². The van der Waals surface area contributed by atoms with Crippen LogP contribution in [0.1, 0.15) is 29.3 Å². The smallest absolute Gasteiger partial charge is 0.340 e. The molecule has 4 heteroatoms. The van der Waals surface area contributed by atoms with Crippen LogP contribution in [0.3, 0.4) is 0 Å². The van der Waals surface area contributed by atoms with Crippen LogP contribution in [0.2, 0.25) is 0 Å². The first-order valence-electron chi connectivity index (χ1n) is 5.89. The van der Waals surface area contributed by atoms with Crippen LogP contribution in [-0.2, 0) is 4.74 Å². The van der Waals surface area contributed by atoms with Gasteiger partial charge in [0.15, 0.2) is 0 Å². The molecular weight excluding hydrogens is 228 g/mol. The lowest BCUT2D eigenvalue weighted by Crippen LogP contribution is -2.08. The molecule has 0 aromatic heterocycles. The minimum absolute atomic E-state index is 0.330. The van der Waals surface area contributed by atoms with E-state index >= 15 is 0 Å². The first kappa shape index (κ1) is 14.1. The third-order valence-electron chi connectivity index (χ3n) is 2.28. The maximum absolute atomic E-state index is 11.6. The summed E-state index contributed by atoms with van der Waals surface area (Å²) in [5.41, 5.74) is 7.29. The van der Waals surface area contributed by atoms with Crippen molar-refractivity contribution in [2.45, 2.75) is 13.3 Å². The number of nitrogens with one attached hydrogen (secondary N) is 1. The van der Waals surface area contributed by atoms with Crippen LogP contribution in [0.4, 0.5) is 5.69 Å². The third kappa shape index (κ3) is 4.11. The van der Waals surface area contributed by atoms with Gasteiger partial charge in [-0.2, -0.15) is 0 Å². The van der Waals surface area contributed by atoms with Gasteiger partial charge in [0.05, 0.1) is 12.2 Å². The monoisotopic (exact) mass is 246 g/mol. The van der Waals surface area contributed by atoms with E-state index in [9.17, 15) is 4.79 Å². The van der Waals surface area contributed by atoms with Crippen molar-refractivity contribution in [3.8, 4) is 11.8 Å². The molecule has 0 fully saturated rings. The Hall–Kier alpha value is -1.99. The normalized spacial score (nSPS) is 9.44. The average molecular weight is 246 g/mol. The highest BCUT2D eigenvalue weighted by Crippen LogP contribution is 2.15. The number of carbonyl (C=O) groups excluding carboxylic acids is 1. The Morgan fingerprint density at radius 1 is 1.50 bits per heavy atom. The van der Waals surface area contributed by atoms with Crippen LogP contribution in [-0.4, -0.2) is 26.2 Å². The van der Waals surface area contributed by atoms with Gasteiger partial charge in [-0.3, -0.25) is 0 Å². The van der Waals surface area contributed by atoms with E-state index in [1.807, 2.05) is 7.05 Å². The lowest BCUT2D eigenvalue weighted by atomic mass is 10.1. The maximum Gasteiger partial charge on any atom is 0.340 e. The van der Waals surface area contributed by atoms with E-state index in [2.05, 4.69) is 17.2 Å².